The highest BCUT2D eigenvalue weighted by Crippen LogP contribution is 2.39. The van der Waals surface area contributed by atoms with E-state index in [9.17, 15) is 18.6 Å². The number of aliphatic hydroxyl groups is 2. The molecule has 0 saturated carbocycles. The summed E-state index contributed by atoms with van der Waals surface area (Å²) in [6.45, 7) is 7.11. The fraction of sp³-hybridized carbons (Fsp3) is 0.556. The summed E-state index contributed by atoms with van der Waals surface area (Å²) in [5.74, 6) is 0.904. The lowest BCUT2D eigenvalue weighted by Crippen LogP contribution is -2.43. The molecule has 0 radical (unpaired) electrons. The molecule has 2 aromatic carbocycles. The Hall–Kier alpha value is -2.13. The molecular formula is C27H37NO6S. The third-order valence-electron chi connectivity index (χ3n) is 7.15. The molecule has 1 saturated heterocycles. The number of sulfonamides is 1. The van der Waals surface area contributed by atoms with Gasteiger partial charge in [0, 0.05) is 24.8 Å². The van der Waals surface area contributed by atoms with Crippen molar-refractivity contribution in [3.05, 3.63) is 53.1 Å². The van der Waals surface area contributed by atoms with E-state index in [0.29, 0.717) is 42.4 Å². The van der Waals surface area contributed by atoms with Crippen molar-refractivity contribution in [1.29, 1.82) is 0 Å². The number of ether oxygens (including phenoxy) is 2. The van der Waals surface area contributed by atoms with Crippen LogP contribution in [0.25, 0.3) is 0 Å². The van der Waals surface area contributed by atoms with Crippen LogP contribution in [-0.4, -0.2) is 44.5 Å². The minimum atomic E-state index is -3.88. The monoisotopic (exact) mass is 503 g/mol. The predicted octanol–water partition coefficient (Wildman–Crippen LogP) is 4.13. The third-order valence-corrected chi connectivity index (χ3v) is 9.01. The van der Waals surface area contributed by atoms with Gasteiger partial charge in [0.05, 0.1) is 29.4 Å². The zero-order valence-corrected chi connectivity index (χ0v) is 21.7. The number of hydrogen-bond donors (Lipinski definition) is 2. The zero-order valence-electron chi connectivity index (χ0n) is 20.9. The fourth-order valence-corrected chi connectivity index (χ4v) is 6.77. The first-order chi connectivity index (χ1) is 16.6. The Kier molecular flexibility index (Phi) is 7.76. The van der Waals surface area contributed by atoms with Gasteiger partial charge in [0.25, 0.3) is 10.0 Å². The van der Waals surface area contributed by atoms with Crippen molar-refractivity contribution >= 4 is 15.7 Å². The van der Waals surface area contributed by atoms with Crippen LogP contribution in [0.2, 0.25) is 0 Å². The van der Waals surface area contributed by atoms with Crippen LogP contribution in [0.15, 0.2) is 41.3 Å². The van der Waals surface area contributed by atoms with E-state index in [-0.39, 0.29) is 17.5 Å². The molecule has 8 heteroatoms. The summed E-state index contributed by atoms with van der Waals surface area (Å²) in [5.41, 5.74) is 1.78. The van der Waals surface area contributed by atoms with Crippen molar-refractivity contribution in [3.63, 3.8) is 0 Å². The van der Waals surface area contributed by atoms with Crippen LogP contribution in [0.1, 0.15) is 63.1 Å². The molecule has 1 unspecified atom stereocenters. The van der Waals surface area contributed by atoms with Crippen molar-refractivity contribution in [3.8, 4) is 5.75 Å². The molecule has 2 aliphatic heterocycles. The van der Waals surface area contributed by atoms with Gasteiger partial charge < -0.3 is 19.7 Å². The van der Waals surface area contributed by atoms with Gasteiger partial charge in [-0.3, -0.25) is 4.31 Å². The number of nitrogens with zero attached hydrogens (tertiary/aromatic N) is 1. The summed E-state index contributed by atoms with van der Waals surface area (Å²) in [6.07, 6.45) is 4.01. The summed E-state index contributed by atoms with van der Waals surface area (Å²) >= 11 is 0. The number of aryl methyl sites for hydroxylation is 1. The van der Waals surface area contributed by atoms with Crippen molar-refractivity contribution in [2.24, 2.45) is 5.92 Å². The quantitative estimate of drug-likeness (QED) is 0.562. The summed E-state index contributed by atoms with van der Waals surface area (Å²) < 4.78 is 40.7. The third kappa shape index (κ3) is 5.50. The van der Waals surface area contributed by atoms with E-state index in [0.717, 1.165) is 43.6 Å². The van der Waals surface area contributed by atoms with Gasteiger partial charge in [0.2, 0.25) is 0 Å². The molecule has 1 fully saturated rings. The van der Waals surface area contributed by atoms with E-state index >= 15 is 0 Å². The Balaban J connectivity index is 1.65. The summed E-state index contributed by atoms with van der Waals surface area (Å²) in [4.78, 5) is 0.137. The van der Waals surface area contributed by atoms with Crippen LogP contribution in [-0.2, 0) is 33.4 Å². The van der Waals surface area contributed by atoms with Crippen LogP contribution in [0.3, 0.4) is 0 Å². The second kappa shape index (κ2) is 10.5. The maximum Gasteiger partial charge on any atom is 0.264 e. The Morgan fingerprint density at radius 3 is 2.51 bits per heavy atom. The van der Waals surface area contributed by atoms with Crippen molar-refractivity contribution < 1.29 is 28.1 Å². The Morgan fingerprint density at radius 2 is 1.86 bits per heavy atom. The van der Waals surface area contributed by atoms with E-state index in [2.05, 4.69) is 0 Å². The van der Waals surface area contributed by atoms with Gasteiger partial charge in [0.1, 0.15) is 5.75 Å². The minimum absolute atomic E-state index is 0.137. The molecule has 0 aliphatic carbocycles. The molecule has 0 spiro atoms. The van der Waals surface area contributed by atoms with Crippen molar-refractivity contribution in [2.75, 3.05) is 24.1 Å². The summed E-state index contributed by atoms with van der Waals surface area (Å²) in [6, 6.07) is 10.1. The molecule has 0 amide bonds. The highest BCUT2D eigenvalue weighted by Gasteiger charge is 2.36. The van der Waals surface area contributed by atoms with E-state index in [1.165, 1.54) is 10.4 Å². The molecule has 2 heterocycles. The van der Waals surface area contributed by atoms with Gasteiger partial charge in [-0.15, -0.1) is 0 Å². The highest BCUT2D eigenvalue weighted by atomic mass is 32.2. The van der Waals surface area contributed by atoms with Gasteiger partial charge in [-0.05, 0) is 87.3 Å². The van der Waals surface area contributed by atoms with E-state index < -0.39 is 15.6 Å². The number of benzene rings is 2. The molecule has 35 heavy (non-hydrogen) atoms. The van der Waals surface area contributed by atoms with Gasteiger partial charge in [-0.1, -0.05) is 19.1 Å². The average molecular weight is 504 g/mol. The molecule has 1 atom stereocenters. The minimum Gasteiger partial charge on any atom is -0.493 e. The van der Waals surface area contributed by atoms with E-state index in [1.54, 1.807) is 38.1 Å². The molecule has 192 valence electrons. The lowest BCUT2D eigenvalue weighted by Gasteiger charge is -2.38. The highest BCUT2D eigenvalue weighted by molar-refractivity contribution is 7.92. The Bertz CT molecular complexity index is 1130. The molecular weight excluding hydrogens is 466 g/mol. The topological polar surface area (TPSA) is 96.3 Å². The largest absolute Gasteiger partial charge is 0.493 e. The first-order valence-corrected chi connectivity index (χ1v) is 13.9. The standard InChI is InChI=1S/C27H37NO6S/c1-4-23-7-5-20-15-22(27(2,3)30)6-9-25(20)28(23)35(31,32)24-8-10-26(21(16-24)17-29)34-18-19-11-13-33-14-12-19/h6,8-10,15-16,19,23,29-30H,4-5,7,11-14,17-18H2,1-3H3. The second-order valence-corrected chi connectivity index (χ2v) is 11.9. The molecule has 2 N–H and O–H groups in total. The van der Waals surface area contributed by atoms with Gasteiger partial charge >= 0.3 is 0 Å². The maximum absolute atomic E-state index is 13.9. The average Bonchev–Trinajstić information content (AvgIpc) is 2.86. The fourth-order valence-electron chi connectivity index (χ4n) is 4.93. The van der Waals surface area contributed by atoms with Gasteiger partial charge in [-0.25, -0.2) is 8.42 Å². The van der Waals surface area contributed by atoms with Crippen molar-refractivity contribution in [1.82, 2.24) is 0 Å². The molecule has 0 bridgehead atoms. The second-order valence-electron chi connectivity index (χ2n) is 10.1. The maximum atomic E-state index is 13.9. The molecule has 7 nitrogen and oxygen atoms in total. The van der Waals surface area contributed by atoms with Crippen LogP contribution in [0.5, 0.6) is 5.75 Å². The van der Waals surface area contributed by atoms with Crippen molar-refractivity contribution in [2.45, 2.75) is 76.0 Å². The Morgan fingerprint density at radius 1 is 1.11 bits per heavy atom. The lowest BCUT2D eigenvalue weighted by molar-refractivity contribution is 0.0494. The zero-order chi connectivity index (χ0) is 25.2. The van der Waals surface area contributed by atoms with Crippen LogP contribution < -0.4 is 9.04 Å². The van der Waals surface area contributed by atoms with E-state index in [4.69, 9.17) is 9.47 Å². The number of fused-ring (bicyclic) bond motifs is 1. The Labute approximate surface area is 208 Å². The predicted molar refractivity (Wildman–Crippen MR) is 135 cm³/mol. The summed E-state index contributed by atoms with van der Waals surface area (Å²) in [7, 11) is -3.88. The van der Waals surface area contributed by atoms with Crippen LogP contribution >= 0.6 is 0 Å². The molecule has 2 aromatic rings. The lowest BCUT2D eigenvalue weighted by atomic mass is 9.90. The number of anilines is 1. The molecule has 2 aliphatic rings. The van der Waals surface area contributed by atoms with Crippen LogP contribution in [0, 0.1) is 5.92 Å². The number of aliphatic hydroxyl groups excluding tert-OH is 1. The number of rotatable bonds is 8. The first-order valence-electron chi connectivity index (χ1n) is 12.5. The number of hydrogen-bond acceptors (Lipinski definition) is 6. The van der Waals surface area contributed by atoms with Gasteiger partial charge in [-0.2, -0.15) is 0 Å². The normalized spacial score (nSPS) is 19.5. The smallest absolute Gasteiger partial charge is 0.264 e. The van der Waals surface area contributed by atoms with Crippen LogP contribution in [0.4, 0.5) is 5.69 Å². The van der Waals surface area contributed by atoms with E-state index in [1.807, 2.05) is 13.0 Å². The molecule has 4 rings (SSSR count). The SMILES string of the molecule is CCC1CCc2cc(C(C)(C)O)ccc2N1S(=O)(=O)c1ccc(OCC2CCOCC2)c(CO)c1. The van der Waals surface area contributed by atoms with Gasteiger partial charge in [0.15, 0.2) is 0 Å². The first kappa shape index (κ1) is 25.9. The molecule has 0 aromatic heterocycles. The summed E-state index contributed by atoms with van der Waals surface area (Å²) in [5, 5.41) is 20.4.